The average Bonchev–Trinajstić information content (AvgIpc) is 2.49. The molecular formula is C15H18N2O4. The van der Waals surface area contributed by atoms with Gasteiger partial charge in [0.25, 0.3) is 5.91 Å². The molecule has 21 heavy (non-hydrogen) atoms. The maximum atomic E-state index is 11.6. The number of benzene rings is 1. The number of hydrogen-bond donors (Lipinski definition) is 2. The lowest BCUT2D eigenvalue weighted by atomic mass is 10.1. The Balaban J connectivity index is 2.31. The Labute approximate surface area is 123 Å². The van der Waals surface area contributed by atoms with Crippen LogP contribution in [0.5, 0.6) is 5.75 Å². The minimum Gasteiger partial charge on any atom is -0.482 e. The molecule has 0 aliphatic rings. The normalized spacial score (nSPS) is 11.2. The molecule has 1 atom stereocenters. The van der Waals surface area contributed by atoms with Crippen molar-refractivity contribution in [1.82, 2.24) is 5.32 Å². The molecule has 0 aromatic heterocycles. The van der Waals surface area contributed by atoms with Gasteiger partial charge in [-0.15, -0.1) is 0 Å². The molecule has 0 saturated carbocycles. The van der Waals surface area contributed by atoms with E-state index in [1.54, 1.807) is 24.3 Å². The van der Waals surface area contributed by atoms with E-state index in [0.29, 0.717) is 24.3 Å². The second-order valence-corrected chi connectivity index (χ2v) is 4.74. The van der Waals surface area contributed by atoms with Crippen molar-refractivity contribution in [2.45, 2.75) is 19.8 Å². The predicted octanol–water partition coefficient (Wildman–Crippen LogP) is 1.55. The summed E-state index contributed by atoms with van der Waals surface area (Å²) in [5.74, 6) is -0.694. The van der Waals surface area contributed by atoms with E-state index in [2.05, 4.69) is 5.32 Å². The fourth-order valence-corrected chi connectivity index (χ4v) is 1.64. The first kappa shape index (κ1) is 16.5. The minimum absolute atomic E-state index is 0.0800. The molecule has 0 saturated heterocycles. The summed E-state index contributed by atoms with van der Waals surface area (Å²) in [5.41, 5.74) is 0.375. The zero-order valence-electron chi connectivity index (χ0n) is 11.8. The molecule has 0 heterocycles. The summed E-state index contributed by atoms with van der Waals surface area (Å²) in [5, 5.41) is 20.1. The number of carbonyl (C=O) groups excluding carboxylic acids is 1. The van der Waals surface area contributed by atoms with E-state index in [1.807, 2.05) is 13.0 Å². The van der Waals surface area contributed by atoms with Crippen LogP contribution in [0, 0.1) is 17.2 Å². The van der Waals surface area contributed by atoms with Gasteiger partial charge in [0.2, 0.25) is 0 Å². The Kier molecular flexibility index (Phi) is 6.75. The zero-order chi connectivity index (χ0) is 15.7. The topological polar surface area (TPSA) is 99.4 Å². The standard InChI is InChI=1S/C15H18N2O4/c1-11(6-7-15(19)20)9-17-14(18)10-21-13-5-3-2-4-12(13)8-16/h2-5,11H,6-7,9-10H2,1H3,(H,17,18)(H,19,20). The number of ether oxygens (including phenoxy) is 1. The highest BCUT2D eigenvalue weighted by molar-refractivity contribution is 5.77. The van der Waals surface area contributed by atoms with Gasteiger partial charge in [0, 0.05) is 13.0 Å². The smallest absolute Gasteiger partial charge is 0.303 e. The van der Waals surface area contributed by atoms with E-state index in [0.717, 1.165) is 0 Å². The molecule has 1 rings (SSSR count). The number of para-hydroxylation sites is 1. The third kappa shape index (κ3) is 6.43. The van der Waals surface area contributed by atoms with E-state index in [4.69, 9.17) is 15.1 Å². The summed E-state index contributed by atoms with van der Waals surface area (Å²) in [4.78, 5) is 22.1. The Morgan fingerprint density at radius 1 is 1.43 bits per heavy atom. The molecule has 1 aromatic carbocycles. The lowest BCUT2D eigenvalue weighted by molar-refractivity contribution is -0.137. The van der Waals surface area contributed by atoms with Gasteiger partial charge in [-0.3, -0.25) is 9.59 Å². The fourth-order valence-electron chi connectivity index (χ4n) is 1.64. The predicted molar refractivity (Wildman–Crippen MR) is 75.7 cm³/mol. The number of nitriles is 1. The van der Waals surface area contributed by atoms with Crippen LogP contribution in [0.3, 0.4) is 0 Å². The number of amides is 1. The summed E-state index contributed by atoms with van der Waals surface area (Å²) < 4.78 is 5.29. The van der Waals surface area contributed by atoms with Crippen LogP contribution in [0.4, 0.5) is 0 Å². The van der Waals surface area contributed by atoms with E-state index in [-0.39, 0.29) is 24.9 Å². The lowest BCUT2D eigenvalue weighted by Crippen LogP contribution is -2.32. The van der Waals surface area contributed by atoms with Crippen molar-refractivity contribution in [2.24, 2.45) is 5.92 Å². The third-order valence-corrected chi connectivity index (χ3v) is 2.86. The van der Waals surface area contributed by atoms with Crippen molar-refractivity contribution in [3.8, 4) is 11.8 Å². The van der Waals surface area contributed by atoms with Gasteiger partial charge in [-0.05, 0) is 24.5 Å². The van der Waals surface area contributed by atoms with Gasteiger partial charge in [0.1, 0.15) is 11.8 Å². The molecule has 0 spiro atoms. The Bertz CT molecular complexity index is 537. The number of aliphatic carboxylic acids is 1. The van der Waals surface area contributed by atoms with Crippen LogP contribution in [0.1, 0.15) is 25.3 Å². The van der Waals surface area contributed by atoms with Crippen LogP contribution in [-0.4, -0.2) is 30.1 Å². The second kappa shape index (κ2) is 8.59. The second-order valence-electron chi connectivity index (χ2n) is 4.74. The largest absolute Gasteiger partial charge is 0.482 e. The number of carboxylic acid groups (broad SMARTS) is 1. The van der Waals surface area contributed by atoms with Crippen LogP contribution in [0.25, 0.3) is 0 Å². The molecule has 6 nitrogen and oxygen atoms in total. The molecule has 0 bridgehead atoms. The third-order valence-electron chi connectivity index (χ3n) is 2.86. The van der Waals surface area contributed by atoms with E-state index in [1.165, 1.54) is 0 Å². The van der Waals surface area contributed by atoms with Crippen LogP contribution < -0.4 is 10.1 Å². The summed E-state index contributed by atoms with van der Waals surface area (Å²) in [6, 6.07) is 8.67. The number of hydrogen-bond acceptors (Lipinski definition) is 4. The van der Waals surface area contributed by atoms with Crippen molar-refractivity contribution in [2.75, 3.05) is 13.2 Å². The summed E-state index contributed by atoms with van der Waals surface area (Å²) >= 11 is 0. The van der Waals surface area contributed by atoms with Crippen LogP contribution in [0.2, 0.25) is 0 Å². The van der Waals surface area contributed by atoms with E-state index in [9.17, 15) is 9.59 Å². The van der Waals surface area contributed by atoms with Gasteiger partial charge >= 0.3 is 5.97 Å². The van der Waals surface area contributed by atoms with Crippen molar-refractivity contribution >= 4 is 11.9 Å². The Morgan fingerprint density at radius 3 is 2.81 bits per heavy atom. The van der Waals surface area contributed by atoms with Crippen LogP contribution in [0.15, 0.2) is 24.3 Å². The van der Waals surface area contributed by atoms with Crippen molar-refractivity contribution in [1.29, 1.82) is 5.26 Å². The average molecular weight is 290 g/mol. The molecule has 2 N–H and O–H groups in total. The first-order valence-corrected chi connectivity index (χ1v) is 6.63. The van der Waals surface area contributed by atoms with Gasteiger partial charge in [0.05, 0.1) is 5.56 Å². The molecule has 0 aliphatic carbocycles. The molecule has 1 aromatic rings. The molecule has 1 amide bonds. The van der Waals surface area contributed by atoms with Crippen molar-refractivity contribution in [3.63, 3.8) is 0 Å². The number of rotatable bonds is 8. The summed E-state index contributed by atoms with van der Waals surface area (Å²) in [6.07, 6.45) is 0.594. The van der Waals surface area contributed by atoms with Crippen LogP contribution in [-0.2, 0) is 9.59 Å². The molecule has 0 radical (unpaired) electrons. The van der Waals surface area contributed by atoms with Crippen molar-refractivity contribution < 1.29 is 19.4 Å². The quantitative estimate of drug-likeness (QED) is 0.756. The first-order chi connectivity index (χ1) is 10.0. The van der Waals surface area contributed by atoms with E-state index >= 15 is 0 Å². The number of nitrogens with zero attached hydrogens (tertiary/aromatic N) is 1. The highest BCUT2D eigenvalue weighted by Crippen LogP contribution is 2.16. The summed E-state index contributed by atoms with van der Waals surface area (Å²) in [6.45, 7) is 2.09. The lowest BCUT2D eigenvalue weighted by Gasteiger charge is -2.12. The zero-order valence-corrected chi connectivity index (χ0v) is 11.8. The van der Waals surface area contributed by atoms with Crippen molar-refractivity contribution in [3.05, 3.63) is 29.8 Å². The van der Waals surface area contributed by atoms with E-state index < -0.39 is 5.97 Å². The molecule has 0 aliphatic heterocycles. The maximum absolute atomic E-state index is 11.6. The Morgan fingerprint density at radius 2 is 2.14 bits per heavy atom. The minimum atomic E-state index is -0.843. The molecular weight excluding hydrogens is 272 g/mol. The molecule has 6 heteroatoms. The molecule has 0 fully saturated rings. The molecule has 1 unspecified atom stereocenters. The van der Waals surface area contributed by atoms with Gasteiger partial charge in [-0.2, -0.15) is 5.26 Å². The highest BCUT2D eigenvalue weighted by Gasteiger charge is 2.09. The van der Waals surface area contributed by atoms with Gasteiger partial charge in [-0.1, -0.05) is 19.1 Å². The summed E-state index contributed by atoms with van der Waals surface area (Å²) in [7, 11) is 0. The number of carboxylic acids is 1. The first-order valence-electron chi connectivity index (χ1n) is 6.63. The number of carbonyl (C=O) groups is 2. The monoisotopic (exact) mass is 290 g/mol. The fraction of sp³-hybridized carbons (Fsp3) is 0.400. The SMILES string of the molecule is CC(CCC(=O)O)CNC(=O)COc1ccccc1C#N. The van der Waals surface area contributed by atoms with Gasteiger partial charge in [-0.25, -0.2) is 0 Å². The molecule has 112 valence electrons. The number of nitrogens with one attached hydrogen (secondary N) is 1. The van der Waals surface area contributed by atoms with Gasteiger partial charge in [0.15, 0.2) is 6.61 Å². The van der Waals surface area contributed by atoms with Crippen LogP contribution >= 0.6 is 0 Å². The highest BCUT2D eigenvalue weighted by atomic mass is 16.5. The maximum Gasteiger partial charge on any atom is 0.303 e. The Hall–Kier alpha value is -2.55. The van der Waals surface area contributed by atoms with Gasteiger partial charge < -0.3 is 15.2 Å².